The van der Waals surface area contributed by atoms with E-state index in [1.165, 1.54) is 30.0 Å². The first kappa shape index (κ1) is 20.7. The van der Waals surface area contributed by atoms with Gasteiger partial charge in [0.05, 0.1) is 21.5 Å². The van der Waals surface area contributed by atoms with Gasteiger partial charge in [0.1, 0.15) is 16.5 Å². The maximum Gasteiger partial charge on any atom is 0.290 e. The largest absolute Gasteiger partial charge is 0.396 e. The molecule has 25 heavy (non-hydrogen) atoms. The van der Waals surface area contributed by atoms with Gasteiger partial charge in [-0.2, -0.15) is 0 Å². The molecule has 0 aromatic carbocycles. The van der Waals surface area contributed by atoms with Gasteiger partial charge in [-0.25, -0.2) is 9.97 Å². The van der Waals surface area contributed by atoms with Gasteiger partial charge in [-0.3, -0.25) is 20.2 Å². The molecule has 0 amide bonds. The fraction of sp³-hybridized carbons (Fsp3) is 0.286. The van der Waals surface area contributed by atoms with Crippen molar-refractivity contribution in [3.8, 4) is 0 Å². The predicted molar refractivity (Wildman–Crippen MR) is 94.1 cm³/mol. The Morgan fingerprint density at radius 1 is 1.04 bits per heavy atom. The smallest absolute Gasteiger partial charge is 0.290 e. The number of nitrogens with zero attached hydrogens (tertiary/aromatic N) is 4. The van der Waals surface area contributed by atoms with Crippen LogP contribution in [-0.4, -0.2) is 37.3 Å². The van der Waals surface area contributed by atoms with Crippen LogP contribution in [0.1, 0.15) is 11.4 Å². The van der Waals surface area contributed by atoms with Gasteiger partial charge in [-0.1, -0.05) is 11.6 Å². The van der Waals surface area contributed by atoms with Crippen LogP contribution in [0.2, 0.25) is 5.15 Å². The maximum absolute atomic E-state index is 10.5. The summed E-state index contributed by atoms with van der Waals surface area (Å²) in [5.74, 6) is 0.546. The van der Waals surface area contributed by atoms with Crippen LogP contribution < -0.4 is 0 Å². The number of aliphatic hydroxyl groups excluding tert-OH is 1. The third-order valence-corrected chi connectivity index (χ3v) is 3.91. The molecule has 0 bridgehead atoms. The molecule has 0 saturated heterocycles. The Balaban J connectivity index is 0.000000257. The molecule has 0 atom stereocenters. The Labute approximate surface area is 152 Å². The third kappa shape index (κ3) is 6.61. The first-order chi connectivity index (χ1) is 11.8. The molecule has 2 aromatic rings. The van der Waals surface area contributed by atoms with Crippen molar-refractivity contribution in [2.24, 2.45) is 0 Å². The zero-order chi connectivity index (χ0) is 19.0. The Morgan fingerprint density at radius 2 is 1.56 bits per heavy atom. The number of aliphatic hydroxyl groups is 1. The van der Waals surface area contributed by atoms with Crippen molar-refractivity contribution in [2.75, 3.05) is 12.4 Å². The van der Waals surface area contributed by atoms with Crippen LogP contribution in [0.4, 0.5) is 11.4 Å². The lowest BCUT2D eigenvalue weighted by atomic mass is 10.3. The molecule has 0 radical (unpaired) electrons. The molecule has 2 rings (SSSR count). The molecule has 0 aliphatic rings. The lowest BCUT2D eigenvalue weighted by Gasteiger charge is -2.00. The van der Waals surface area contributed by atoms with Crippen LogP contribution in [-0.2, 0) is 0 Å². The highest BCUT2D eigenvalue weighted by Gasteiger charge is 2.11. The molecule has 0 unspecified atom stereocenters. The first-order valence-corrected chi connectivity index (χ1v) is 8.25. The molecule has 9 nitrogen and oxygen atoms in total. The van der Waals surface area contributed by atoms with Crippen LogP contribution in [0.25, 0.3) is 0 Å². The Morgan fingerprint density at radius 3 is 2.00 bits per heavy atom. The Bertz CT molecular complexity index is 775. The van der Waals surface area contributed by atoms with Gasteiger partial charge >= 0.3 is 0 Å². The normalized spacial score (nSPS) is 9.92. The monoisotopic (exact) mass is 386 g/mol. The number of nitro groups is 2. The number of thioether (sulfide) groups is 1. The molecule has 0 fully saturated rings. The number of rotatable bonds is 5. The van der Waals surface area contributed by atoms with E-state index < -0.39 is 9.85 Å². The molecule has 2 aromatic heterocycles. The first-order valence-electron chi connectivity index (χ1n) is 6.89. The average molecular weight is 387 g/mol. The van der Waals surface area contributed by atoms with Crippen LogP contribution in [0.15, 0.2) is 29.3 Å². The summed E-state index contributed by atoms with van der Waals surface area (Å²) in [5.41, 5.74) is 0.758. The number of pyridine rings is 2. The molecular weight excluding hydrogens is 372 g/mol. The van der Waals surface area contributed by atoms with Crippen molar-refractivity contribution in [2.45, 2.75) is 18.9 Å². The topological polar surface area (TPSA) is 132 Å². The summed E-state index contributed by atoms with van der Waals surface area (Å²) < 4.78 is 0. The van der Waals surface area contributed by atoms with Gasteiger partial charge in [-0.05, 0) is 26.0 Å². The SMILES string of the molecule is Cc1nc(Cl)ccc1[N+](=O)[O-].Cc1nc(SCCO)ccc1[N+](=O)[O-]. The summed E-state index contributed by atoms with van der Waals surface area (Å²) >= 11 is 6.86. The third-order valence-electron chi connectivity index (χ3n) is 2.79. The van der Waals surface area contributed by atoms with Crippen LogP contribution in [0.3, 0.4) is 0 Å². The summed E-state index contributed by atoms with van der Waals surface area (Å²) in [6.07, 6.45) is 0. The summed E-state index contributed by atoms with van der Waals surface area (Å²) in [6, 6.07) is 5.75. The number of hydrogen-bond donors (Lipinski definition) is 1. The standard InChI is InChI=1S/C8H10N2O3S.C6H5ClN2O2/c1-6-7(10(12)13)2-3-8(9-6)14-5-4-11;1-4-5(9(10)11)2-3-6(7)8-4/h2-3,11H,4-5H2,1H3;2-3H,1H3. The predicted octanol–water partition coefficient (Wildman–Crippen LogP) is 3.33. The minimum atomic E-state index is -0.487. The van der Waals surface area contributed by atoms with E-state index in [2.05, 4.69) is 9.97 Å². The van der Waals surface area contributed by atoms with Crippen molar-refractivity contribution in [3.05, 3.63) is 61.0 Å². The zero-order valence-electron chi connectivity index (χ0n) is 13.4. The highest BCUT2D eigenvalue weighted by molar-refractivity contribution is 7.99. The van der Waals surface area contributed by atoms with Crippen molar-refractivity contribution in [1.29, 1.82) is 0 Å². The molecule has 134 valence electrons. The minimum Gasteiger partial charge on any atom is -0.396 e. The zero-order valence-corrected chi connectivity index (χ0v) is 15.0. The van der Waals surface area contributed by atoms with E-state index in [1.54, 1.807) is 19.9 Å². The Kier molecular flexibility index (Phi) is 8.19. The summed E-state index contributed by atoms with van der Waals surface area (Å²) in [6.45, 7) is 3.22. The van der Waals surface area contributed by atoms with E-state index in [0.29, 0.717) is 22.2 Å². The van der Waals surface area contributed by atoms with E-state index >= 15 is 0 Å². The molecule has 0 saturated carbocycles. The minimum absolute atomic E-state index is 0.00519. The molecule has 0 aliphatic carbocycles. The number of aromatic nitrogens is 2. The van der Waals surface area contributed by atoms with Gasteiger partial charge in [0, 0.05) is 17.9 Å². The van der Waals surface area contributed by atoms with Gasteiger partial charge < -0.3 is 5.11 Å². The van der Waals surface area contributed by atoms with Crippen molar-refractivity contribution in [3.63, 3.8) is 0 Å². The molecule has 0 aliphatic heterocycles. The van der Waals surface area contributed by atoms with Crippen molar-refractivity contribution >= 4 is 34.7 Å². The molecule has 11 heteroatoms. The second kappa shape index (κ2) is 9.87. The second-order valence-corrected chi connectivity index (χ2v) is 6.08. The number of hydrogen-bond acceptors (Lipinski definition) is 8. The number of halogens is 1. The molecule has 0 spiro atoms. The van der Waals surface area contributed by atoms with Gasteiger partial charge in [0.25, 0.3) is 11.4 Å². The molecule has 1 N–H and O–H groups in total. The van der Waals surface area contributed by atoms with Crippen LogP contribution in [0.5, 0.6) is 0 Å². The van der Waals surface area contributed by atoms with E-state index in [1.807, 2.05) is 0 Å². The summed E-state index contributed by atoms with van der Waals surface area (Å²) in [7, 11) is 0. The summed E-state index contributed by atoms with van der Waals surface area (Å²) in [5, 5.41) is 30.3. The average Bonchev–Trinajstić information content (AvgIpc) is 2.52. The molecular formula is C14H15ClN4O5S. The van der Waals surface area contributed by atoms with E-state index in [4.69, 9.17) is 16.7 Å². The Hall–Kier alpha value is -2.30. The number of aryl methyl sites for hydroxylation is 2. The highest BCUT2D eigenvalue weighted by Crippen LogP contribution is 2.21. The summed E-state index contributed by atoms with van der Waals surface area (Å²) in [4.78, 5) is 27.5. The van der Waals surface area contributed by atoms with Crippen LogP contribution >= 0.6 is 23.4 Å². The van der Waals surface area contributed by atoms with Crippen molar-refractivity contribution < 1.29 is 15.0 Å². The van der Waals surface area contributed by atoms with Crippen molar-refractivity contribution in [1.82, 2.24) is 9.97 Å². The van der Waals surface area contributed by atoms with E-state index in [9.17, 15) is 20.2 Å². The van der Waals surface area contributed by atoms with Gasteiger partial charge in [-0.15, -0.1) is 11.8 Å². The second-order valence-electron chi connectivity index (χ2n) is 4.58. The quantitative estimate of drug-likeness (QED) is 0.358. The van der Waals surface area contributed by atoms with E-state index in [-0.39, 0.29) is 23.1 Å². The lowest BCUT2D eigenvalue weighted by molar-refractivity contribution is -0.385. The van der Waals surface area contributed by atoms with Crippen LogP contribution in [0, 0.1) is 34.1 Å². The van der Waals surface area contributed by atoms with Gasteiger partial charge in [0.15, 0.2) is 0 Å². The fourth-order valence-electron chi connectivity index (χ4n) is 1.67. The van der Waals surface area contributed by atoms with Gasteiger partial charge in [0.2, 0.25) is 0 Å². The lowest BCUT2D eigenvalue weighted by Crippen LogP contribution is -1.95. The maximum atomic E-state index is 10.5. The highest BCUT2D eigenvalue weighted by atomic mass is 35.5. The molecule has 2 heterocycles. The fourth-order valence-corrected chi connectivity index (χ4v) is 2.53. The van der Waals surface area contributed by atoms with E-state index in [0.717, 1.165) is 0 Å².